The molecule has 0 rings (SSSR count). The summed E-state index contributed by atoms with van der Waals surface area (Å²) in [4.78, 5) is 41.1. The van der Waals surface area contributed by atoms with Gasteiger partial charge in [0, 0.05) is 24.2 Å². The third-order valence-corrected chi connectivity index (χ3v) is 3.02. The first-order chi connectivity index (χ1) is 15.0. The Morgan fingerprint density at radius 2 is 0.969 bits per heavy atom. The second-order valence-electron chi connectivity index (χ2n) is 6.16. The number of ether oxygens (including phenoxy) is 2. The summed E-state index contributed by atoms with van der Waals surface area (Å²) < 4.78 is 9.23. The number of hydrogen-bond acceptors (Lipinski definition) is 8. The van der Waals surface area contributed by atoms with Crippen molar-refractivity contribution in [2.45, 2.75) is 39.5 Å². The van der Waals surface area contributed by atoms with Crippen molar-refractivity contribution in [3.05, 3.63) is 24.3 Å². The number of aliphatic carboxylic acids is 2. The van der Waals surface area contributed by atoms with Crippen LogP contribution in [0.2, 0.25) is 0 Å². The van der Waals surface area contributed by atoms with E-state index in [1.165, 1.54) is 13.8 Å². The number of carbonyl (C=O) groups excluding carboxylic acids is 2. The molecule has 6 N–H and O–H groups in total. The Morgan fingerprint density at radius 3 is 1.19 bits per heavy atom. The molecule has 0 atom stereocenters. The molecule has 186 valence electrons. The summed E-state index contributed by atoms with van der Waals surface area (Å²) in [5, 5.41) is 37.8. The molecule has 0 radical (unpaired) electrons. The van der Waals surface area contributed by atoms with Gasteiger partial charge in [0.25, 0.3) is 0 Å². The highest BCUT2D eigenvalue weighted by atomic mass is 16.6. The fraction of sp³-hybridized carbons (Fsp3) is 0.600. The molecule has 0 aromatic carbocycles. The van der Waals surface area contributed by atoms with E-state index in [0.717, 1.165) is 25.7 Å². The Balaban J connectivity index is -0.000000571. The molecule has 0 aromatic rings. The number of carboxylic acid groups (broad SMARTS) is 2. The zero-order valence-corrected chi connectivity index (χ0v) is 18.7. The number of carboxylic acids is 2. The van der Waals surface area contributed by atoms with Gasteiger partial charge in [-0.2, -0.15) is 0 Å². The van der Waals surface area contributed by atoms with Crippen LogP contribution in [0.15, 0.2) is 24.3 Å². The van der Waals surface area contributed by atoms with Gasteiger partial charge >= 0.3 is 24.1 Å². The number of aliphatic hydroxyl groups excluding tert-OH is 2. The van der Waals surface area contributed by atoms with Crippen LogP contribution in [0.1, 0.15) is 39.5 Å². The van der Waals surface area contributed by atoms with Crippen molar-refractivity contribution in [1.29, 1.82) is 0 Å². The van der Waals surface area contributed by atoms with Gasteiger partial charge in [-0.1, -0.05) is 26.0 Å². The molecule has 0 heterocycles. The number of alkyl carbamates (subject to hydrolysis) is 2. The van der Waals surface area contributed by atoms with Gasteiger partial charge in [0.05, 0.1) is 13.2 Å². The van der Waals surface area contributed by atoms with Crippen LogP contribution in [0.4, 0.5) is 9.59 Å². The zero-order valence-electron chi connectivity index (χ0n) is 18.7. The summed E-state index contributed by atoms with van der Waals surface area (Å²) in [7, 11) is 0. The molecule has 0 saturated heterocycles. The SMILES string of the molecule is C=C(C)C(=O)O.C=C(C)C(=O)O.O=C(NCCCCCCNC(=O)OCCO)OCCO. The van der Waals surface area contributed by atoms with Crippen molar-refractivity contribution >= 4 is 24.1 Å². The standard InChI is InChI=1S/C12H24N2O6.2C4H6O2/c15-7-9-19-11(17)13-5-3-1-2-4-6-14-12(18)20-10-8-16;2*1-3(2)4(5)6/h15-16H,1-10H2,(H,13,17)(H,14,18);2*1H2,2H3,(H,5,6). The van der Waals surface area contributed by atoms with Crippen LogP contribution in [0, 0.1) is 0 Å². The van der Waals surface area contributed by atoms with Crippen molar-refractivity contribution in [3.8, 4) is 0 Å². The average molecular weight is 465 g/mol. The molecular formula is C20H36N2O10. The van der Waals surface area contributed by atoms with Gasteiger partial charge in [0.15, 0.2) is 0 Å². The molecule has 0 fully saturated rings. The van der Waals surface area contributed by atoms with Crippen LogP contribution in [-0.2, 0) is 19.1 Å². The van der Waals surface area contributed by atoms with E-state index in [4.69, 9.17) is 20.4 Å². The lowest BCUT2D eigenvalue weighted by Crippen LogP contribution is -2.27. The first kappa shape index (κ1) is 33.5. The van der Waals surface area contributed by atoms with Crippen LogP contribution in [0.5, 0.6) is 0 Å². The van der Waals surface area contributed by atoms with Crippen LogP contribution in [0.3, 0.4) is 0 Å². The van der Waals surface area contributed by atoms with E-state index in [0.29, 0.717) is 13.1 Å². The zero-order chi connectivity index (χ0) is 25.4. The first-order valence-electron chi connectivity index (χ1n) is 9.80. The van der Waals surface area contributed by atoms with Crippen LogP contribution >= 0.6 is 0 Å². The van der Waals surface area contributed by atoms with Crippen molar-refractivity contribution in [2.75, 3.05) is 39.5 Å². The Hall–Kier alpha value is -3.12. The number of carbonyl (C=O) groups is 4. The maximum Gasteiger partial charge on any atom is 0.407 e. The predicted octanol–water partition coefficient (Wildman–Crippen LogP) is 1.28. The summed E-state index contributed by atoms with van der Waals surface area (Å²) in [6.07, 6.45) is 2.45. The van der Waals surface area contributed by atoms with Gasteiger partial charge in [-0.05, 0) is 26.7 Å². The maximum absolute atomic E-state index is 11.0. The molecule has 2 amide bonds. The Labute approximate surface area is 187 Å². The van der Waals surface area contributed by atoms with Crippen molar-refractivity contribution in [3.63, 3.8) is 0 Å². The highest BCUT2D eigenvalue weighted by Crippen LogP contribution is 1.98. The summed E-state index contributed by atoms with van der Waals surface area (Å²) in [6, 6.07) is 0. The Kier molecular flexibility index (Phi) is 25.3. The molecule has 0 aliphatic heterocycles. The summed E-state index contributed by atoms with van der Waals surface area (Å²) in [6.45, 7) is 9.90. The Morgan fingerprint density at radius 1 is 0.688 bits per heavy atom. The van der Waals surface area contributed by atoms with Crippen molar-refractivity contribution in [2.24, 2.45) is 0 Å². The van der Waals surface area contributed by atoms with Crippen LogP contribution in [0.25, 0.3) is 0 Å². The topological polar surface area (TPSA) is 192 Å². The number of aliphatic hydroxyl groups is 2. The molecule has 12 heteroatoms. The average Bonchev–Trinajstić information content (AvgIpc) is 2.73. The molecule has 32 heavy (non-hydrogen) atoms. The second-order valence-corrected chi connectivity index (χ2v) is 6.16. The molecule has 0 bridgehead atoms. The fourth-order valence-electron chi connectivity index (χ4n) is 1.36. The predicted molar refractivity (Wildman–Crippen MR) is 116 cm³/mol. The normalized spacial score (nSPS) is 9.00. The highest BCUT2D eigenvalue weighted by molar-refractivity contribution is 5.85. The third kappa shape index (κ3) is 31.6. The van der Waals surface area contributed by atoms with E-state index in [1.54, 1.807) is 0 Å². The van der Waals surface area contributed by atoms with Gasteiger partial charge in [0.1, 0.15) is 13.2 Å². The van der Waals surface area contributed by atoms with Gasteiger partial charge in [-0.15, -0.1) is 0 Å². The molecule has 0 saturated carbocycles. The monoisotopic (exact) mass is 464 g/mol. The van der Waals surface area contributed by atoms with E-state index < -0.39 is 24.1 Å². The minimum absolute atomic E-state index is 0.00385. The number of hydrogen-bond donors (Lipinski definition) is 6. The largest absolute Gasteiger partial charge is 0.478 e. The minimum Gasteiger partial charge on any atom is -0.478 e. The van der Waals surface area contributed by atoms with Crippen molar-refractivity contribution in [1.82, 2.24) is 10.6 Å². The van der Waals surface area contributed by atoms with Gasteiger partial charge in [0.2, 0.25) is 0 Å². The van der Waals surface area contributed by atoms with E-state index in [1.807, 2.05) is 0 Å². The number of amides is 2. The lowest BCUT2D eigenvalue weighted by molar-refractivity contribution is -0.133. The quantitative estimate of drug-likeness (QED) is 0.171. The van der Waals surface area contributed by atoms with E-state index in [2.05, 4.69) is 33.3 Å². The van der Waals surface area contributed by atoms with Crippen LogP contribution < -0.4 is 10.6 Å². The Bertz CT molecular complexity index is 505. The third-order valence-electron chi connectivity index (χ3n) is 3.02. The molecular weight excluding hydrogens is 428 g/mol. The second kappa shape index (κ2) is 24.2. The van der Waals surface area contributed by atoms with Gasteiger partial charge in [-0.3, -0.25) is 0 Å². The van der Waals surface area contributed by atoms with E-state index in [-0.39, 0.29) is 37.6 Å². The fourth-order valence-corrected chi connectivity index (χ4v) is 1.36. The minimum atomic E-state index is -0.935. The van der Waals surface area contributed by atoms with Crippen LogP contribution in [-0.4, -0.2) is 84.1 Å². The molecule has 0 aliphatic rings. The summed E-state index contributed by atoms with van der Waals surface area (Å²) in [5.41, 5.74) is 0.352. The van der Waals surface area contributed by atoms with Gasteiger partial charge < -0.3 is 40.5 Å². The molecule has 0 spiro atoms. The number of rotatable bonds is 13. The summed E-state index contributed by atoms with van der Waals surface area (Å²) in [5.74, 6) is -1.87. The lowest BCUT2D eigenvalue weighted by Gasteiger charge is -2.06. The molecule has 0 aromatic heterocycles. The van der Waals surface area contributed by atoms with E-state index in [9.17, 15) is 19.2 Å². The van der Waals surface area contributed by atoms with Gasteiger partial charge in [-0.25, -0.2) is 19.2 Å². The smallest absolute Gasteiger partial charge is 0.407 e. The first-order valence-corrected chi connectivity index (χ1v) is 9.80. The lowest BCUT2D eigenvalue weighted by atomic mass is 10.2. The summed E-state index contributed by atoms with van der Waals surface area (Å²) >= 11 is 0. The highest BCUT2D eigenvalue weighted by Gasteiger charge is 2.01. The van der Waals surface area contributed by atoms with E-state index >= 15 is 0 Å². The number of unbranched alkanes of at least 4 members (excludes halogenated alkanes) is 3. The molecule has 0 aliphatic carbocycles. The number of nitrogens with one attached hydrogen (secondary N) is 2. The molecule has 0 unspecified atom stereocenters. The maximum atomic E-state index is 11.0. The van der Waals surface area contributed by atoms with Crippen molar-refractivity contribution < 1.29 is 49.1 Å². The molecule has 12 nitrogen and oxygen atoms in total.